The lowest BCUT2D eigenvalue weighted by molar-refractivity contribution is 0.0895. The monoisotopic (exact) mass is 466 g/mol. The average molecular weight is 467 g/mol. The van der Waals surface area contributed by atoms with E-state index in [1.165, 1.54) is 34.2 Å². The Morgan fingerprint density at radius 1 is 1.12 bits per heavy atom. The number of ether oxygens (including phenoxy) is 1. The largest absolute Gasteiger partial charge is 0.496 e. The number of methoxy groups -OCH3 is 1. The number of carbonyl (C=O) groups is 1. The third-order valence-corrected chi connectivity index (χ3v) is 7.82. The van der Waals surface area contributed by atoms with Gasteiger partial charge in [-0.1, -0.05) is 24.3 Å². The Hall–Kier alpha value is -2.93. The number of sulfone groups is 1. The first-order valence-corrected chi connectivity index (χ1v) is 13.0. The molecule has 174 valence electrons. The molecule has 1 aliphatic carbocycles. The van der Waals surface area contributed by atoms with E-state index in [0.717, 1.165) is 53.1 Å². The Bertz CT molecular complexity index is 1320. The molecule has 0 spiro atoms. The summed E-state index contributed by atoms with van der Waals surface area (Å²) in [5, 5.41) is 4.56. The fourth-order valence-corrected chi connectivity index (χ4v) is 5.56. The second kappa shape index (κ2) is 8.78. The van der Waals surface area contributed by atoms with Gasteiger partial charge in [-0.2, -0.15) is 5.10 Å². The number of nitrogens with zero attached hydrogens (tertiary/aromatic N) is 2. The van der Waals surface area contributed by atoms with Crippen LogP contribution in [-0.4, -0.2) is 37.5 Å². The lowest BCUT2D eigenvalue weighted by Crippen LogP contribution is -2.17. The summed E-state index contributed by atoms with van der Waals surface area (Å²) >= 11 is 0. The minimum atomic E-state index is -3.26. The van der Waals surface area contributed by atoms with Crippen molar-refractivity contribution in [2.75, 3.05) is 13.4 Å². The van der Waals surface area contributed by atoms with Crippen molar-refractivity contribution in [3.8, 4) is 5.75 Å². The van der Waals surface area contributed by atoms with E-state index in [2.05, 4.69) is 24.2 Å². The first kappa shape index (κ1) is 23.2. The van der Waals surface area contributed by atoms with Crippen LogP contribution in [0.3, 0.4) is 0 Å². The summed E-state index contributed by atoms with van der Waals surface area (Å²) in [5.41, 5.74) is 7.38. The lowest BCUT2D eigenvalue weighted by Gasteiger charge is -2.17. The van der Waals surface area contributed by atoms with Crippen molar-refractivity contribution in [1.29, 1.82) is 0 Å². The lowest BCUT2D eigenvalue weighted by atomic mass is 9.91. The summed E-state index contributed by atoms with van der Waals surface area (Å²) in [5.74, 6) is 1.18. The highest BCUT2D eigenvalue weighted by Gasteiger charge is 2.29. The molecule has 0 saturated carbocycles. The molecule has 2 aromatic carbocycles. The van der Waals surface area contributed by atoms with Crippen LogP contribution < -0.4 is 4.74 Å². The van der Waals surface area contributed by atoms with Crippen LogP contribution in [0.25, 0.3) is 0 Å². The molecule has 0 amide bonds. The van der Waals surface area contributed by atoms with E-state index >= 15 is 0 Å². The zero-order chi connectivity index (χ0) is 23.9. The van der Waals surface area contributed by atoms with Crippen molar-refractivity contribution >= 4 is 15.7 Å². The molecule has 3 aromatic rings. The highest BCUT2D eigenvalue weighted by atomic mass is 32.2. The van der Waals surface area contributed by atoms with Gasteiger partial charge < -0.3 is 4.74 Å². The zero-order valence-corrected chi connectivity index (χ0v) is 20.6. The van der Waals surface area contributed by atoms with Gasteiger partial charge in [0.2, 0.25) is 0 Å². The fourth-order valence-electron chi connectivity index (χ4n) is 4.93. The van der Waals surface area contributed by atoms with Crippen LogP contribution in [0.4, 0.5) is 0 Å². The summed E-state index contributed by atoms with van der Waals surface area (Å²) in [6.07, 6.45) is 4.24. The summed E-state index contributed by atoms with van der Waals surface area (Å²) < 4.78 is 30.6. The maximum atomic E-state index is 13.0. The number of rotatable bonds is 6. The van der Waals surface area contributed by atoms with E-state index in [0.29, 0.717) is 5.92 Å². The maximum Gasteiger partial charge on any atom is 0.251 e. The quantitative estimate of drug-likeness (QED) is 0.539. The Morgan fingerprint density at radius 3 is 2.45 bits per heavy atom. The highest BCUT2D eigenvalue weighted by molar-refractivity contribution is 7.90. The van der Waals surface area contributed by atoms with Crippen LogP contribution in [0.1, 0.15) is 56.3 Å². The summed E-state index contributed by atoms with van der Waals surface area (Å²) in [6.45, 7) is 5.98. The van der Waals surface area contributed by atoms with Crippen LogP contribution in [0.15, 0.2) is 41.3 Å². The molecule has 6 nitrogen and oxygen atoms in total. The van der Waals surface area contributed by atoms with Crippen LogP contribution in [0, 0.1) is 20.8 Å². The third-order valence-electron chi connectivity index (χ3n) is 6.69. The third kappa shape index (κ3) is 4.47. The van der Waals surface area contributed by atoms with Crippen molar-refractivity contribution in [3.05, 3.63) is 75.6 Å². The number of fused-ring (bicyclic) bond motifs is 1. The molecular formula is C26H30N2O4S. The Labute approximate surface area is 195 Å². The zero-order valence-electron chi connectivity index (χ0n) is 19.8. The van der Waals surface area contributed by atoms with Crippen molar-refractivity contribution in [2.24, 2.45) is 0 Å². The average Bonchev–Trinajstić information content (AvgIpc) is 3.29. The van der Waals surface area contributed by atoms with Crippen molar-refractivity contribution < 1.29 is 17.9 Å². The van der Waals surface area contributed by atoms with Crippen molar-refractivity contribution in [3.63, 3.8) is 0 Å². The van der Waals surface area contributed by atoms with Gasteiger partial charge >= 0.3 is 0 Å². The number of benzene rings is 2. The number of hydrogen-bond acceptors (Lipinski definition) is 5. The number of hydrogen-bond donors (Lipinski definition) is 0. The number of aromatic nitrogens is 2. The minimum absolute atomic E-state index is 0.130. The number of aryl methyl sites for hydroxylation is 3. The van der Waals surface area contributed by atoms with E-state index < -0.39 is 9.84 Å². The molecule has 7 heteroatoms. The van der Waals surface area contributed by atoms with E-state index in [1.54, 1.807) is 19.2 Å². The molecule has 0 bridgehead atoms. The first-order valence-electron chi connectivity index (χ1n) is 11.1. The van der Waals surface area contributed by atoms with Gasteiger partial charge in [0.1, 0.15) is 5.75 Å². The van der Waals surface area contributed by atoms with Gasteiger partial charge in [0.25, 0.3) is 5.91 Å². The van der Waals surface area contributed by atoms with Gasteiger partial charge in [0.05, 0.1) is 24.1 Å². The Morgan fingerprint density at radius 2 is 1.82 bits per heavy atom. The molecule has 0 aliphatic heterocycles. The normalized spacial score (nSPS) is 15.5. The van der Waals surface area contributed by atoms with E-state index in [1.807, 2.05) is 13.8 Å². The van der Waals surface area contributed by atoms with Gasteiger partial charge in [-0.15, -0.1) is 0 Å². The summed E-state index contributed by atoms with van der Waals surface area (Å²) in [6, 6.07) is 10.8. The number of carbonyl (C=O) groups excluding carboxylic acids is 1. The minimum Gasteiger partial charge on any atom is -0.496 e. The molecule has 1 heterocycles. The molecule has 0 radical (unpaired) electrons. The van der Waals surface area contributed by atoms with Gasteiger partial charge in [0.15, 0.2) is 9.84 Å². The van der Waals surface area contributed by atoms with Gasteiger partial charge in [0, 0.05) is 17.5 Å². The first-order chi connectivity index (χ1) is 15.6. The van der Waals surface area contributed by atoms with E-state index in [4.69, 9.17) is 4.74 Å². The molecule has 1 aromatic heterocycles. The van der Waals surface area contributed by atoms with Crippen molar-refractivity contribution in [1.82, 2.24) is 9.78 Å². The topological polar surface area (TPSA) is 78.3 Å². The molecule has 33 heavy (non-hydrogen) atoms. The Kier molecular flexibility index (Phi) is 6.18. The van der Waals surface area contributed by atoms with Crippen LogP contribution in [0.5, 0.6) is 5.75 Å². The van der Waals surface area contributed by atoms with Crippen LogP contribution >= 0.6 is 0 Å². The van der Waals surface area contributed by atoms with Crippen LogP contribution in [0.2, 0.25) is 0 Å². The van der Waals surface area contributed by atoms with Crippen molar-refractivity contribution in [2.45, 2.75) is 57.3 Å². The maximum absolute atomic E-state index is 13.0. The van der Waals surface area contributed by atoms with Gasteiger partial charge in [-0.25, -0.2) is 13.1 Å². The second-order valence-corrected chi connectivity index (χ2v) is 11.0. The molecule has 1 atom stereocenters. The SMILES string of the molecule is COc1c(C)ccc2c1C(Cc1c(C)nn(C(=O)Cc3ccc(S(C)(=O)=O)cc3)c1C)CC2. The molecule has 1 unspecified atom stereocenters. The predicted molar refractivity (Wildman–Crippen MR) is 128 cm³/mol. The summed E-state index contributed by atoms with van der Waals surface area (Å²) in [7, 11) is -1.53. The standard InChI is InChI=1S/C26H30N2O4S/c1-16-6-9-20-10-11-21(25(20)26(16)32-4)15-23-17(2)27-28(18(23)3)24(29)14-19-7-12-22(13-8-19)33(5,30)31/h6-9,12-13,21H,10-11,14-15H2,1-5H3. The molecule has 0 N–H and O–H groups in total. The molecule has 4 rings (SSSR count). The summed E-state index contributed by atoms with van der Waals surface area (Å²) in [4.78, 5) is 13.3. The molecule has 0 saturated heterocycles. The highest BCUT2D eigenvalue weighted by Crippen LogP contribution is 2.43. The predicted octanol–water partition coefficient (Wildman–Crippen LogP) is 4.38. The van der Waals surface area contributed by atoms with Gasteiger partial charge in [-0.3, -0.25) is 4.79 Å². The molecule has 0 fully saturated rings. The molecular weight excluding hydrogens is 436 g/mol. The second-order valence-electron chi connectivity index (χ2n) is 8.98. The molecule has 1 aliphatic rings. The smallest absolute Gasteiger partial charge is 0.251 e. The Balaban J connectivity index is 1.56. The fraction of sp³-hybridized carbons (Fsp3) is 0.385. The van der Waals surface area contributed by atoms with Gasteiger partial charge in [-0.05, 0) is 80.3 Å². The van der Waals surface area contributed by atoms with E-state index in [-0.39, 0.29) is 17.2 Å². The van der Waals surface area contributed by atoms with Crippen LogP contribution in [-0.2, 0) is 29.1 Å². The van der Waals surface area contributed by atoms with E-state index in [9.17, 15) is 13.2 Å².